The van der Waals surface area contributed by atoms with E-state index in [0.29, 0.717) is 35.5 Å². The number of hydroxylamine groups is 2. The van der Waals surface area contributed by atoms with Gasteiger partial charge in [0.25, 0.3) is 5.91 Å². The maximum absolute atomic E-state index is 12.3. The van der Waals surface area contributed by atoms with E-state index in [1.165, 1.54) is 19.9 Å². The maximum atomic E-state index is 12.3. The van der Waals surface area contributed by atoms with E-state index in [-0.39, 0.29) is 5.91 Å². The number of nitrogens with zero attached hydrogens (tertiary/aromatic N) is 1. The van der Waals surface area contributed by atoms with Gasteiger partial charge in [-0.25, -0.2) is 5.06 Å². The molecule has 2 fully saturated rings. The van der Waals surface area contributed by atoms with Gasteiger partial charge in [-0.3, -0.25) is 14.2 Å². The number of hydrogen-bond donors (Lipinski definition) is 1. The Balaban J connectivity index is 1.77. The molecule has 2 aliphatic rings. The molecule has 0 aromatic heterocycles. The minimum absolute atomic E-state index is 0.251. The van der Waals surface area contributed by atoms with E-state index in [1.54, 1.807) is 0 Å². The second kappa shape index (κ2) is 11.6. The minimum Gasteiger partial charge on any atom is -0.374 e. The highest BCUT2D eigenvalue weighted by atomic mass is 32.2. The van der Waals surface area contributed by atoms with E-state index in [0.717, 1.165) is 50.0 Å². The molecule has 2 saturated heterocycles. The summed E-state index contributed by atoms with van der Waals surface area (Å²) in [7, 11) is 0.689. The summed E-state index contributed by atoms with van der Waals surface area (Å²) in [6.07, 6.45) is 14.4. The number of unbranched alkanes of at least 4 members (excludes halogenated alkanes) is 2. The Morgan fingerprint density at radius 1 is 1.17 bits per heavy atom. The van der Waals surface area contributed by atoms with Crippen LogP contribution in [0.15, 0.2) is 12.2 Å². The fraction of sp³-hybridized carbons (Fsp3) is 0.870. The molecular weight excluding hydrogens is 386 g/mol. The third kappa shape index (κ3) is 7.18. The quantitative estimate of drug-likeness (QED) is 0.200. The van der Waals surface area contributed by atoms with Crippen LogP contribution in [0.2, 0.25) is 0 Å². The molecular formula is C23H41NO4S. The molecule has 0 saturated carbocycles. The van der Waals surface area contributed by atoms with Gasteiger partial charge in [-0.05, 0) is 56.8 Å². The lowest BCUT2D eigenvalue weighted by Gasteiger charge is -2.27. The summed E-state index contributed by atoms with van der Waals surface area (Å²) in [4.78, 5) is 12.0. The van der Waals surface area contributed by atoms with Gasteiger partial charge in [-0.15, -0.1) is 0 Å². The zero-order chi connectivity index (χ0) is 21.4. The molecule has 2 rings (SSSR count). The summed E-state index contributed by atoms with van der Waals surface area (Å²) < 4.78 is 18.5. The molecule has 0 aromatic carbocycles. The SMILES string of the molecule is CCCCCS(=O)CC[C@H]1[C@@H](CC=CCCC(C)(C)C(=O)N(C)O)[C@H]2CC[C@@H]1O2. The second-order valence-corrected chi connectivity index (χ2v) is 11.1. The van der Waals surface area contributed by atoms with Crippen LogP contribution >= 0.6 is 0 Å². The van der Waals surface area contributed by atoms with Gasteiger partial charge in [0.05, 0.1) is 12.2 Å². The van der Waals surface area contributed by atoms with Crippen LogP contribution in [0.25, 0.3) is 0 Å². The first-order valence-corrected chi connectivity index (χ1v) is 12.9. The van der Waals surface area contributed by atoms with Crippen molar-refractivity contribution in [2.45, 2.75) is 90.8 Å². The van der Waals surface area contributed by atoms with E-state index in [9.17, 15) is 14.2 Å². The number of amides is 1. The smallest absolute Gasteiger partial charge is 0.251 e. The van der Waals surface area contributed by atoms with E-state index < -0.39 is 16.2 Å². The molecule has 0 aromatic rings. The van der Waals surface area contributed by atoms with E-state index in [4.69, 9.17) is 4.74 Å². The topological polar surface area (TPSA) is 66.8 Å². The molecule has 1 N–H and O–H groups in total. The number of allylic oxidation sites excluding steroid dienone is 2. The molecule has 5 nitrogen and oxygen atoms in total. The molecule has 1 unspecified atom stereocenters. The molecule has 2 heterocycles. The minimum atomic E-state index is -0.692. The van der Waals surface area contributed by atoms with Crippen LogP contribution in [0.4, 0.5) is 0 Å². The number of carbonyl (C=O) groups is 1. The lowest BCUT2D eigenvalue weighted by Crippen LogP contribution is -2.36. The zero-order valence-corrected chi connectivity index (χ0v) is 19.6. The van der Waals surface area contributed by atoms with Crippen molar-refractivity contribution in [2.75, 3.05) is 18.6 Å². The summed E-state index contributed by atoms with van der Waals surface area (Å²) in [5.74, 6) is 2.48. The summed E-state index contributed by atoms with van der Waals surface area (Å²) in [5, 5.41) is 10.1. The summed E-state index contributed by atoms with van der Waals surface area (Å²) in [6, 6.07) is 0. The summed E-state index contributed by atoms with van der Waals surface area (Å²) >= 11 is 0. The van der Waals surface area contributed by atoms with Crippen LogP contribution in [0.3, 0.4) is 0 Å². The highest BCUT2D eigenvalue weighted by Gasteiger charge is 2.47. The molecule has 168 valence electrons. The van der Waals surface area contributed by atoms with Crippen molar-refractivity contribution in [1.82, 2.24) is 5.06 Å². The first-order chi connectivity index (χ1) is 13.8. The fourth-order valence-electron chi connectivity index (χ4n) is 4.84. The van der Waals surface area contributed by atoms with E-state index in [2.05, 4.69) is 19.1 Å². The first-order valence-electron chi connectivity index (χ1n) is 11.4. The standard InChI is InChI=1S/C23H41NO4S/c1-5-6-10-16-29(27)17-14-19-18(20-12-13-21(19)28-20)11-8-7-9-15-23(2,3)22(25)24(4)26/h7-8,18-21,26H,5-6,9-17H2,1-4H3/t18-,19+,20-,21+,29?/m1/s1. The Bertz CT molecular complexity index is 575. The molecule has 2 bridgehead atoms. The van der Waals surface area contributed by atoms with Gasteiger partial charge in [0.2, 0.25) is 0 Å². The maximum Gasteiger partial charge on any atom is 0.251 e. The van der Waals surface area contributed by atoms with E-state index in [1.807, 2.05) is 13.8 Å². The third-order valence-electron chi connectivity index (χ3n) is 6.63. The average Bonchev–Trinajstić information content (AvgIpc) is 3.27. The average molecular weight is 428 g/mol. The van der Waals surface area contributed by atoms with Gasteiger partial charge in [0.1, 0.15) is 0 Å². The summed E-state index contributed by atoms with van der Waals surface area (Å²) in [6.45, 7) is 5.92. The van der Waals surface area contributed by atoms with Crippen LogP contribution < -0.4 is 0 Å². The number of rotatable bonds is 13. The number of fused-ring (bicyclic) bond motifs is 2. The van der Waals surface area contributed by atoms with Crippen LogP contribution in [0.5, 0.6) is 0 Å². The molecule has 0 aliphatic carbocycles. The van der Waals surface area contributed by atoms with Crippen molar-refractivity contribution >= 4 is 16.7 Å². The number of carbonyl (C=O) groups excluding carboxylic acids is 1. The Morgan fingerprint density at radius 2 is 1.86 bits per heavy atom. The lowest BCUT2D eigenvalue weighted by atomic mass is 9.76. The van der Waals surface area contributed by atoms with Gasteiger partial charge in [0.15, 0.2) is 0 Å². The number of hydrogen-bond acceptors (Lipinski definition) is 4. The van der Waals surface area contributed by atoms with E-state index >= 15 is 0 Å². The predicted molar refractivity (Wildman–Crippen MR) is 118 cm³/mol. The van der Waals surface area contributed by atoms with Crippen molar-refractivity contribution in [1.29, 1.82) is 0 Å². The van der Waals surface area contributed by atoms with Crippen LogP contribution in [-0.4, -0.2) is 51.1 Å². The van der Waals surface area contributed by atoms with Crippen LogP contribution in [0.1, 0.15) is 78.6 Å². The van der Waals surface area contributed by atoms with Gasteiger partial charge in [-0.2, -0.15) is 0 Å². The van der Waals surface area contributed by atoms with Gasteiger partial charge in [-0.1, -0.05) is 45.8 Å². The Hall–Kier alpha value is -0.720. The first kappa shape index (κ1) is 24.5. The molecule has 1 amide bonds. The third-order valence-corrected chi connectivity index (χ3v) is 8.06. The Labute approximate surface area is 179 Å². The van der Waals surface area contributed by atoms with Crippen molar-refractivity contribution in [3.8, 4) is 0 Å². The summed E-state index contributed by atoms with van der Waals surface area (Å²) in [5.41, 5.74) is -0.562. The Morgan fingerprint density at radius 3 is 2.52 bits per heavy atom. The molecule has 29 heavy (non-hydrogen) atoms. The van der Waals surface area contributed by atoms with Crippen molar-refractivity contribution < 1.29 is 18.9 Å². The molecule has 5 atom stereocenters. The highest BCUT2D eigenvalue weighted by molar-refractivity contribution is 7.84. The van der Waals surface area contributed by atoms with Gasteiger partial charge >= 0.3 is 0 Å². The van der Waals surface area contributed by atoms with Crippen molar-refractivity contribution in [3.05, 3.63) is 12.2 Å². The van der Waals surface area contributed by atoms with Crippen LogP contribution in [-0.2, 0) is 20.3 Å². The van der Waals surface area contributed by atoms with Gasteiger partial charge < -0.3 is 4.74 Å². The monoisotopic (exact) mass is 427 g/mol. The normalized spacial score (nSPS) is 27.6. The van der Waals surface area contributed by atoms with Gasteiger partial charge in [0, 0.05) is 34.8 Å². The molecule has 0 spiro atoms. The molecule has 2 aliphatic heterocycles. The fourth-order valence-corrected chi connectivity index (χ4v) is 6.11. The van der Waals surface area contributed by atoms with Crippen molar-refractivity contribution in [2.24, 2.45) is 17.3 Å². The largest absolute Gasteiger partial charge is 0.374 e. The lowest BCUT2D eigenvalue weighted by molar-refractivity contribution is -0.169. The predicted octanol–water partition coefficient (Wildman–Crippen LogP) is 4.71. The van der Waals surface area contributed by atoms with Crippen LogP contribution in [0, 0.1) is 17.3 Å². The van der Waals surface area contributed by atoms with Crippen molar-refractivity contribution in [3.63, 3.8) is 0 Å². The molecule has 6 heteroatoms. The Kier molecular flexibility index (Phi) is 9.83. The molecule has 0 radical (unpaired) electrons. The highest BCUT2D eigenvalue weighted by Crippen LogP contribution is 2.46. The number of ether oxygens (including phenoxy) is 1. The second-order valence-electron chi connectivity index (χ2n) is 9.42. The zero-order valence-electron chi connectivity index (χ0n) is 18.8.